The first-order valence-electron chi connectivity index (χ1n) is 7.99. The van der Waals surface area contributed by atoms with Crippen LogP contribution in [0.15, 0.2) is 24.3 Å². The van der Waals surface area contributed by atoms with Crippen molar-refractivity contribution >= 4 is 5.78 Å². The molecule has 0 bridgehead atoms. The first-order chi connectivity index (χ1) is 9.69. The molecule has 1 atom stereocenters. The molecule has 0 aliphatic heterocycles. The van der Waals surface area contributed by atoms with Gasteiger partial charge >= 0.3 is 0 Å². The Balaban J connectivity index is 2.38. The Bertz CT molecular complexity index is 377. The third kappa shape index (κ3) is 6.33. The molecule has 0 aliphatic rings. The molecule has 2 nitrogen and oxygen atoms in total. The van der Waals surface area contributed by atoms with Crippen LogP contribution in [0.25, 0.3) is 0 Å². The van der Waals surface area contributed by atoms with Gasteiger partial charge in [-0.1, -0.05) is 51.0 Å². The van der Waals surface area contributed by atoms with E-state index in [-0.39, 0.29) is 0 Å². The Labute approximate surface area is 123 Å². The molecule has 1 aromatic carbocycles. The monoisotopic (exact) mass is 275 g/mol. The summed E-state index contributed by atoms with van der Waals surface area (Å²) in [5, 5.41) is 0. The van der Waals surface area contributed by atoms with Gasteiger partial charge in [0, 0.05) is 12.8 Å². The molecule has 20 heavy (non-hydrogen) atoms. The maximum absolute atomic E-state index is 12.0. The molecule has 0 aliphatic carbocycles. The normalized spacial score (nSPS) is 12.3. The predicted octanol–water partition coefficient (Wildman–Crippen LogP) is 3.91. The number of hydrogen-bond acceptors (Lipinski definition) is 2. The van der Waals surface area contributed by atoms with Crippen LogP contribution in [0.1, 0.15) is 57.1 Å². The van der Waals surface area contributed by atoms with Gasteiger partial charge in [-0.05, 0) is 42.9 Å². The van der Waals surface area contributed by atoms with Crippen LogP contribution in [0.2, 0.25) is 0 Å². The third-order valence-corrected chi connectivity index (χ3v) is 3.94. The summed E-state index contributed by atoms with van der Waals surface area (Å²) < 4.78 is 0. The molecule has 1 rings (SSSR count). The summed E-state index contributed by atoms with van der Waals surface area (Å²) in [7, 11) is 0. The molecular formula is C18H29NO. The predicted molar refractivity (Wildman–Crippen MR) is 85.8 cm³/mol. The Morgan fingerprint density at radius 3 is 2.25 bits per heavy atom. The molecule has 0 radical (unpaired) electrons. The van der Waals surface area contributed by atoms with Crippen LogP contribution in [-0.4, -0.2) is 12.3 Å². The van der Waals surface area contributed by atoms with Crippen LogP contribution in [0.3, 0.4) is 0 Å². The number of benzene rings is 1. The van der Waals surface area contributed by atoms with E-state index in [1.807, 2.05) is 0 Å². The summed E-state index contributed by atoms with van der Waals surface area (Å²) in [5.74, 6) is 0.976. The highest BCUT2D eigenvalue weighted by molar-refractivity contribution is 5.80. The van der Waals surface area contributed by atoms with E-state index in [0.717, 1.165) is 31.4 Å². The summed E-state index contributed by atoms with van der Waals surface area (Å²) in [6.07, 6.45) is 6.73. The molecule has 0 heterocycles. The maximum Gasteiger partial charge on any atom is 0.137 e. The van der Waals surface area contributed by atoms with Gasteiger partial charge in [-0.25, -0.2) is 0 Å². The van der Waals surface area contributed by atoms with E-state index in [9.17, 15) is 4.79 Å². The topological polar surface area (TPSA) is 43.1 Å². The fraction of sp³-hybridized carbons (Fsp3) is 0.611. The molecule has 0 spiro atoms. The van der Waals surface area contributed by atoms with Gasteiger partial charge in [0.05, 0.1) is 0 Å². The van der Waals surface area contributed by atoms with Crippen LogP contribution in [0, 0.1) is 5.92 Å². The molecular weight excluding hydrogens is 246 g/mol. The van der Waals surface area contributed by atoms with Crippen LogP contribution < -0.4 is 5.73 Å². The minimum absolute atomic E-state index is 0.354. The molecule has 1 aromatic rings. The molecule has 1 unspecified atom stereocenters. The lowest BCUT2D eigenvalue weighted by atomic mass is 9.92. The molecule has 112 valence electrons. The van der Waals surface area contributed by atoms with Gasteiger partial charge in [0.2, 0.25) is 0 Å². The van der Waals surface area contributed by atoms with Crippen molar-refractivity contribution in [2.45, 2.75) is 58.8 Å². The maximum atomic E-state index is 12.0. The van der Waals surface area contributed by atoms with E-state index in [2.05, 4.69) is 38.1 Å². The molecule has 2 heteroatoms. The van der Waals surface area contributed by atoms with Gasteiger partial charge in [0.1, 0.15) is 5.78 Å². The highest BCUT2D eigenvalue weighted by Crippen LogP contribution is 2.18. The second-order valence-corrected chi connectivity index (χ2v) is 5.66. The zero-order valence-electron chi connectivity index (χ0n) is 13.0. The van der Waals surface area contributed by atoms with Gasteiger partial charge in [-0.15, -0.1) is 0 Å². The number of hydrogen-bond donors (Lipinski definition) is 1. The van der Waals surface area contributed by atoms with E-state index >= 15 is 0 Å². The van der Waals surface area contributed by atoms with Gasteiger partial charge in [-0.2, -0.15) is 0 Å². The molecule has 0 amide bonds. The van der Waals surface area contributed by atoms with Gasteiger partial charge < -0.3 is 5.73 Å². The van der Waals surface area contributed by atoms with E-state index < -0.39 is 0 Å². The van der Waals surface area contributed by atoms with Crippen molar-refractivity contribution in [3.63, 3.8) is 0 Å². The highest BCUT2D eigenvalue weighted by Gasteiger charge is 2.10. The van der Waals surface area contributed by atoms with Crippen molar-refractivity contribution in [3.05, 3.63) is 35.4 Å². The average Bonchev–Trinajstić information content (AvgIpc) is 2.46. The lowest BCUT2D eigenvalue weighted by molar-refractivity contribution is -0.118. The van der Waals surface area contributed by atoms with Crippen LogP contribution >= 0.6 is 0 Å². The largest absolute Gasteiger partial charge is 0.330 e. The van der Waals surface area contributed by atoms with E-state index in [1.165, 1.54) is 18.4 Å². The Kier molecular flexibility index (Phi) is 8.20. The SMILES string of the molecule is CCCC(CCN)CCC(=O)Cc1ccc(CC)cc1. The zero-order valence-corrected chi connectivity index (χ0v) is 13.0. The number of carbonyl (C=O) groups is 1. The molecule has 0 saturated carbocycles. The van der Waals surface area contributed by atoms with Crippen molar-refractivity contribution in [2.75, 3.05) is 6.54 Å². The van der Waals surface area contributed by atoms with E-state index in [0.29, 0.717) is 24.5 Å². The van der Waals surface area contributed by atoms with Crippen molar-refractivity contribution in [3.8, 4) is 0 Å². The number of rotatable bonds is 10. The van der Waals surface area contributed by atoms with E-state index in [1.54, 1.807) is 0 Å². The molecule has 0 fully saturated rings. The quantitative estimate of drug-likeness (QED) is 0.703. The molecule has 0 saturated heterocycles. The summed E-state index contributed by atoms with van der Waals surface area (Å²) in [6, 6.07) is 8.41. The van der Waals surface area contributed by atoms with Crippen molar-refractivity contribution in [1.29, 1.82) is 0 Å². The summed E-state index contributed by atoms with van der Waals surface area (Å²) in [5.41, 5.74) is 8.10. The third-order valence-electron chi connectivity index (χ3n) is 3.94. The number of carbonyl (C=O) groups excluding carboxylic acids is 1. The van der Waals surface area contributed by atoms with Gasteiger partial charge in [-0.3, -0.25) is 4.79 Å². The smallest absolute Gasteiger partial charge is 0.137 e. The Morgan fingerprint density at radius 1 is 1.05 bits per heavy atom. The molecule has 2 N–H and O–H groups in total. The average molecular weight is 275 g/mol. The zero-order chi connectivity index (χ0) is 14.8. The van der Waals surface area contributed by atoms with Crippen LogP contribution in [0.4, 0.5) is 0 Å². The first kappa shape index (κ1) is 16.9. The van der Waals surface area contributed by atoms with Crippen LogP contribution in [-0.2, 0) is 17.6 Å². The Morgan fingerprint density at radius 2 is 1.70 bits per heavy atom. The minimum atomic E-state index is 0.354. The minimum Gasteiger partial charge on any atom is -0.330 e. The summed E-state index contributed by atoms with van der Waals surface area (Å²) in [6.45, 7) is 5.07. The second kappa shape index (κ2) is 9.71. The van der Waals surface area contributed by atoms with Crippen molar-refractivity contribution in [1.82, 2.24) is 0 Å². The number of Topliss-reactive ketones (excluding diaryl/α,β-unsaturated/α-hetero) is 1. The molecule has 0 aromatic heterocycles. The van der Waals surface area contributed by atoms with Gasteiger partial charge in [0.25, 0.3) is 0 Å². The standard InChI is InChI=1S/C18H29NO/c1-3-5-16(12-13-19)10-11-18(20)14-17-8-6-15(4-2)7-9-17/h6-9,16H,3-5,10-14,19H2,1-2H3. The fourth-order valence-electron chi connectivity index (χ4n) is 2.65. The highest BCUT2D eigenvalue weighted by atomic mass is 16.1. The van der Waals surface area contributed by atoms with Crippen molar-refractivity contribution < 1.29 is 4.79 Å². The lowest BCUT2D eigenvalue weighted by Crippen LogP contribution is -2.11. The lowest BCUT2D eigenvalue weighted by Gasteiger charge is -2.14. The van der Waals surface area contributed by atoms with Gasteiger partial charge in [0.15, 0.2) is 0 Å². The second-order valence-electron chi connectivity index (χ2n) is 5.66. The van der Waals surface area contributed by atoms with E-state index in [4.69, 9.17) is 5.73 Å². The number of aryl methyl sites for hydroxylation is 1. The first-order valence-corrected chi connectivity index (χ1v) is 7.99. The summed E-state index contributed by atoms with van der Waals surface area (Å²) in [4.78, 5) is 12.0. The number of ketones is 1. The van der Waals surface area contributed by atoms with Crippen molar-refractivity contribution in [2.24, 2.45) is 11.7 Å². The Hall–Kier alpha value is -1.15. The van der Waals surface area contributed by atoms with Crippen LogP contribution in [0.5, 0.6) is 0 Å². The number of nitrogens with two attached hydrogens (primary N) is 1. The fourth-order valence-corrected chi connectivity index (χ4v) is 2.65. The summed E-state index contributed by atoms with van der Waals surface area (Å²) >= 11 is 0.